The number of rotatable bonds is 3. The van der Waals surface area contributed by atoms with Crippen molar-refractivity contribution in [1.29, 1.82) is 0 Å². The largest absolute Gasteiger partial charge is 0.320 e. The maximum absolute atomic E-state index is 12.7. The topological polar surface area (TPSA) is 38.9 Å². The monoisotopic (exact) mass is 194 g/mol. The Balaban J connectivity index is 2.31. The van der Waals surface area contributed by atoms with Crippen LogP contribution < -0.4 is 5.73 Å². The van der Waals surface area contributed by atoms with Gasteiger partial charge in [0.05, 0.1) is 17.4 Å². The molecule has 0 aromatic carbocycles. The van der Waals surface area contributed by atoms with E-state index < -0.39 is 0 Å². The SMILES string of the molecule is CCC(N)(c1ccc(F)cn1)C1CC1. The highest BCUT2D eigenvalue weighted by Gasteiger charge is 2.42. The van der Waals surface area contributed by atoms with E-state index in [0.29, 0.717) is 5.92 Å². The van der Waals surface area contributed by atoms with Gasteiger partial charge in [0.1, 0.15) is 5.82 Å². The first kappa shape index (κ1) is 9.59. The molecule has 0 amide bonds. The lowest BCUT2D eigenvalue weighted by atomic mass is 9.87. The normalized spacial score (nSPS) is 20.5. The van der Waals surface area contributed by atoms with E-state index >= 15 is 0 Å². The van der Waals surface area contributed by atoms with Crippen molar-refractivity contribution >= 4 is 0 Å². The average molecular weight is 194 g/mol. The molecule has 0 spiro atoms. The lowest BCUT2D eigenvalue weighted by Crippen LogP contribution is -2.39. The van der Waals surface area contributed by atoms with E-state index in [0.717, 1.165) is 12.1 Å². The summed E-state index contributed by atoms with van der Waals surface area (Å²) in [6.45, 7) is 2.06. The van der Waals surface area contributed by atoms with Crippen LogP contribution in [0.3, 0.4) is 0 Å². The van der Waals surface area contributed by atoms with Crippen LogP contribution in [0.5, 0.6) is 0 Å². The summed E-state index contributed by atoms with van der Waals surface area (Å²) in [5, 5.41) is 0. The maximum atomic E-state index is 12.7. The Hall–Kier alpha value is -0.960. The van der Waals surface area contributed by atoms with Gasteiger partial charge in [-0.1, -0.05) is 6.92 Å². The van der Waals surface area contributed by atoms with Gasteiger partial charge in [-0.05, 0) is 37.3 Å². The van der Waals surface area contributed by atoms with Crippen LogP contribution in [0.1, 0.15) is 31.9 Å². The number of nitrogens with two attached hydrogens (primary N) is 1. The number of nitrogens with zero attached hydrogens (tertiary/aromatic N) is 1. The van der Waals surface area contributed by atoms with Crippen LogP contribution in [-0.2, 0) is 5.54 Å². The lowest BCUT2D eigenvalue weighted by molar-refractivity contribution is 0.358. The number of pyridine rings is 1. The molecule has 1 aliphatic carbocycles. The Morgan fingerprint density at radius 1 is 1.57 bits per heavy atom. The zero-order valence-electron chi connectivity index (χ0n) is 8.33. The van der Waals surface area contributed by atoms with Crippen molar-refractivity contribution in [3.05, 3.63) is 29.8 Å². The first-order valence-corrected chi connectivity index (χ1v) is 5.07. The fraction of sp³-hybridized carbons (Fsp3) is 0.545. The number of aromatic nitrogens is 1. The molecular formula is C11H15FN2. The molecule has 1 saturated carbocycles. The minimum Gasteiger partial charge on any atom is -0.320 e. The van der Waals surface area contributed by atoms with Crippen molar-refractivity contribution in [2.45, 2.75) is 31.7 Å². The molecule has 2 N–H and O–H groups in total. The Morgan fingerprint density at radius 2 is 2.29 bits per heavy atom. The molecule has 2 rings (SSSR count). The molecule has 1 atom stereocenters. The fourth-order valence-corrected chi connectivity index (χ4v) is 1.93. The van der Waals surface area contributed by atoms with Crippen molar-refractivity contribution in [2.24, 2.45) is 11.7 Å². The molecule has 1 aromatic rings. The molecule has 76 valence electrons. The standard InChI is InChI=1S/C11H15FN2/c1-2-11(13,8-3-4-8)10-6-5-9(12)7-14-10/h5-8H,2-4,13H2,1H3. The summed E-state index contributed by atoms with van der Waals surface area (Å²) >= 11 is 0. The van der Waals surface area contributed by atoms with Crippen LogP contribution in [-0.4, -0.2) is 4.98 Å². The molecule has 0 aliphatic heterocycles. The van der Waals surface area contributed by atoms with Gasteiger partial charge in [-0.2, -0.15) is 0 Å². The minimum absolute atomic E-state index is 0.303. The van der Waals surface area contributed by atoms with E-state index in [1.54, 1.807) is 6.07 Å². The fourth-order valence-electron chi connectivity index (χ4n) is 1.93. The molecule has 0 saturated heterocycles. The van der Waals surface area contributed by atoms with Crippen LogP contribution in [0, 0.1) is 11.7 Å². The van der Waals surface area contributed by atoms with Crippen LogP contribution in [0.15, 0.2) is 18.3 Å². The zero-order chi connectivity index (χ0) is 10.2. The highest BCUT2D eigenvalue weighted by molar-refractivity contribution is 5.19. The van der Waals surface area contributed by atoms with E-state index in [2.05, 4.69) is 11.9 Å². The molecule has 14 heavy (non-hydrogen) atoms. The molecule has 1 unspecified atom stereocenters. The molecule has 1 aliphatic rings. The van der Waals surface area contributed by atoms with Crippen molar-refractivity contribution in [2.75, 3.05) is 0 Å². The third-order valence-electron chi connectivity index (χ3n) is 3.10. The second-order valence-electron chi connectivity index (χ2n) is 4.03. The highest BCUT2D eigenvalue weighted by atomic mass is 19.1. The van der Waals surface area contributed by atoms with Crippen molar-refractivity contribution in [3.63, 3.8) is 0 Å². The first-order chi connectivity index (χ1) is 6.66. The molecule has 0 radical (unpaired) electrons. The second-order valence-corrected chi connectivity index (χ2v) is 4.03. The van der Waals surface area contributed by atoms with Gasteiger partial charge in [-0.3, -0.25) is 4.98 Å². The van der Waals surface area contributed by atoms with Crippen LogP contribution >= 0.6 is 0 Å². The second kappa shape index (κ2) is 3.31. The molecule has 1 heterocycles. The van der Waals surface area contributed by atoms with Crippen molar-refractivity contribution in [1.82, 2.24) is 4.98 Å². The quantitative estimate of drug-likeness (QED) is 0.801. The van der Waals surface area contributed by atoms with Crippen LogP contribution in [0.2, 0.25) is 0 Å². The summed E-state index contributed by atoms with van der Waals surface area (Å²) in [5.41, 5.74) is 6.77. The maximum Gasteiger partial charge on any atom is 0.141 e. The summed E-state index contributed by atoms with van der Waals surface area (Å²) in [6, 6.07) is 3.14. The predicted molar refractivity (Wildman–Crippen MR) is 53.1 cm³/mol. The zero-order valence-corrected chi connectivity index (χ0v) is 8.33. The molecule has 1 aromatic heterocycles. The van der Waals surface area contributed by atoms with Gasteiger partial charge in [-0.25, -0.2) is 4.39 Å². The van der Waals surface area contributed by atoms with Gasteiger partial charge in [0.25, 0.3) is 0 Å². The number of halogens is 1. The Labute approximate surface area is 83.3 Å². The van der Waals surface area contributed by atoms with Gasteiger partial charge >= 0.3 is 0 Å². The highest BCUT2D eigenvalue weighted by Crippen LogP contribution is 2.45. The summed E-state index contributed by atoms with van der Waals surface area (Å²) in [6.07, 6.45) is 4.44. The van der Waals surface area contributed by atoms with Crippen LogP contribution in [0.4, 0.5) is 4.39 Å². The third-order valence-corrected chi connectivity index (χ3v) is 3.10. The van der Waals surface area contributed by atoms with E-state index in [9.17, 15) is 4.39 Å². The number of hydrogen-bond acceptors (Lipinski definition) is 2. The minimum atomic E-state index is -0.340. The summed E-state index contributed by atoms with van der Waals surface area (Å²) < 4.78 is 12.7. The van der Waals surface area contributed by atoms with Gasteiger partial charge < -0.3 is 5.73 Å². The van der Waals surface area contributed by atoms with Gasteiger partial charge in [0.2, 0.25) is 0 Å². The molecule has 3 heteroatoms. The molecule has 0 bridgehead atoms. The predicted octanol–water partition coefficient (Wildman–Crippen LogP) is 2.19. The van der Waals surface area contributed by atoms with Gasteiger partial charge in [0.15, 0.2) is 0 Å². The third kappa shape index (κ3) is 1.52. The summed E-state index contributed by atoms with van der Waals surface area (Å²) in [4.78, 5) is 4.08. The smallest absolute Gasteiger partial charge is 0.141 e. The van der Waals surface area contributed by atoms with Crippen molar-refractivity contribution < 1.29 is 4.39 Å². The first-order valence-electron chi connectivity index (χ1n) is 5.07. The average Bonchev–Trinajstić information content (AvgIpc) is 3.01. The Bertz CT molecular complexity index is 319. The Kier molecular flexibility index (Phi) is 2.27. The van der Waals surface area contributed by atoms with Crippen molar-refractivity contribution in [3.8, 4) is 0 Å². The molecular weight excluding hydrogens is 179 g/mol. The van der Waals surface area contributed by atoms with E-state index in [4.69, 9.17) is 5.73 Å². The number of hydrogen-bond donors (Lipinski definition) is 1. The lowest BCUT2D eigenvalue weighted by Gasteiger charge is -2.27. The van der Waals surface area contributed by atoms with Crippen LogP contribution in [0.25, 0.3) is 0 Å². The van der Waals surface area contributed by atoms with E-state index in [-0.39, 0.29) is 11.4 Å². The molecule has 1 fully saturated rings. The summed E-state index contributed by atoms with van der Waals surface area (Å²) in [7, 11) is 0. The molecule has 2 nitrogen and oxygen atoms in total. The van der Waals surface area contributed by atoms with Gasteiger partial charge in [0, 0.05) is 0 Å². The van der Waals surface area contributed by atoms with Gasteiger partial charge in [-0.15, -0.1) is 0 Å². The van der Waals surface area contributed by atoms with E-state index in [1.807, 2.05) is 0 Å². The Morgan fingerprint density at radius 3 is 2.71 bits per heavy atom. The van der Waals surface area contributed by atoms with E-state index in [1.165, 1.54) is 25.1 Å². The summed E-state index contributed by atoms with van der Waals surface area (Å²) in [5.74, 6) is 0.230.